The second-order valence-electron chi connectivity index (χ2n) is 9.28. The molecule has 0 spiro atoms. The molecule has 0 fully saturated rings. The number of likely N-dealkylation sites (N-methyl/N-ethyl adjacent to an activating group) is 1. The largest absolute Gasteiger partial charge is 0.697 e. The lowest BCUT2D eigenvalue weighted by Gasteiger charge is -2.19. The summed E-state index contributed by atoms with van der Waals surface area (Å²) in [5.74, 6) is -0.319. The van der Waals surface area contributed by atoms with Gasteiger partial charge in [0.05, 0.1) is 0 Å². The quantitative estimate of drug-likeness (QED) is 0.109. The smallest absolute Gasteiger partial charge is 0.463 e. The first kappa shape index (κ1) is 31.4. The van der Waals surface area contributed by atoms with Crippen molar-refractivity contribution in [3.8, 4) is 0 Å². The van der Waals surface area contributed by atoms with E-state index >= 15 is 0 Å². The molecule has 0 aliphatic carbocycles. The third-order valence-corrected chi connectivity index (χ3v) is 5.98. The summed E-state index contributed by atoms with van der Waals surface area (Å²) in [5, 5.41) is 10.2. The number of rotatable bonds is 23. The predicted octanol–water partition coefficient (Wildman–Crippen LogP) is 6.01. The van der Waals surface area contributed by atoms with Crippen LogP contribution in [0.1, 0.15) is 104 Å². The fourth-order valence-electron chi connectivity index (χ4n) is 3.16. The van der Waals surface area contributed by atoms with Crippen molar-refractivity contribution < 1.29 is 28.3 Å². The van der Waals surface area contributed by atoms with E-state index in [2.05, 4.69) is 6.92 Å². The molecule has 0 aromatic carbocycles. The normalized spacial score (nSPS) is 13.9. The molecule has 8 heteroatoms. The molecular weight excluding hydrogens is 429 g/mol. The second-order valence-corrected chi connectivity index (χ2v) is 10.2. The molecule has 32 heavy (non-hydrogen) atoms. The van der Waals surface area contributed by atoms with E-state index < -0.39 is 13.9 Å². The highest BCUT2D eigenvalue weighted by molar-refractivity contribution is 7.33. The van der Waals surface area contributed by atoms with Crippen molar-refractivity contribution in [1.29, 1.82) is 0 Å². The van der Waals surface area contributed by atoms with E-state index in [-0.39, 0.29) is 25.8 Å². The van der Waals surface area contributed by atoms with Gasteiger partial charge in [-0.05, 0) is 27.4 Å². The van der Waals surface area contributed by atoms with Gasteiger partial charge in [0.15, 0.2) is 0 Å². The molecule has 1 N–H and O–H groups in total. The van der Waals surface area contributed by atoms with Gasteiger partial charge in [-0.15, -0.1) is 9.05 Å². The van der Waals surface area contributed by atoms with Crippen LogP contribution in [-0.2, 0) is 23.1 Å². The maximum absolute atomic E-state index is 11.9. The molecule has 0 aliphatic heterocycles. The van der Waals surface area contributed by atoms with E-state index in [4.69, 9.17) is 13.8 Å². The number of esters is 1. The van der Waals surface area contributed by atoms with Gasteiger partial charge in [0.1, 0.15) is 25.4 Å². The van der Waals surface area contributed by atoms with Crippen molar-refractivity contribution in [1.82, 2.24) is 4.90 Å². The van der Waals surface area contributed by atoms with E-state index in [1.54, 1.807) is 0 Å². The van der Waals surface area contributed by atoms with Crippen LogP contribution in [0.5, 0.6) is 0 Å². The molecule has 0 saturated heterocycles. The number of aliphatic hydroxyl groups is 1. The summed E-state index contributed by atoms with van der Waals surface area (Å²) in [6.45, 7) is 4.22. The molecule has 0 radical (unpaired) electrons. The van der Waals surface area contributed by atoms with Gasteiger partial charge in [-0.3, -0.25) is 4.79 Å². The Morgan fingerprint density at radius 3 is 1.84 bits per heavy atom. The molecule has 0 aromatic rings. The van der Waals surface area contributed by atoms with E-state index in [9.17, 15) is 14.5 Å². The first-order valence-corrected chi connectivity index (χ1v) is 13.6. The Kier molecular flexibility index (Phi) is 20.6. The van der Waals surface area contributed by atoms with Crippen LogP contribution in [0, 0.1) is 0 Å². The lowest BCUT2D eigenvalue weighted by atomic mass is 10.0. The zero-order chi connectivity index (χ0) is 24.1. The van der Waals surface area contributed by atoms with Gasteiger partial charge < -0.3 is 14.7 Å². The first-order chi connectivity index (χ1) is 15.3. The van der Waals surface area contributed by atoms with Gasteiger partial charge in [-0.2, -0.15) is 0 Å². The van der Waals surface area contributed by atoms with Gasteiger partial charge >= 0.3 is 14.2 Å². The fraction of sp³-hybridized carbons (Fsp3) is 0.958. The van der Waals surface area contributed by atoms with Crippen molar-refractivity contribution in [2.24, 2.45) is 0 Å². The molecule has 0 bridgehead atoms. The number of ether oxygens (including phenoxy) is 1. The molecule has 2 unspecified atom stereocenters. The molecule has 0 amide bonds. The molecule has 0 aliphatic rings. The van der Waals surface area contributed by atoms with Gasteiger partial charge in [-0.25, -0.2) is 0 Å². The number of nitrogens with zero attached hydrogens (tertiary/aromatic N) is 1. The number of unbranched alkanes of at least 4 members (excludes halogenated alkanes) is 12. The van der Waals surface area contributed by atoms with Crippen LogP contribution < -0.4 is 0 Å². The van der Waals surface area contributed by atoms with E-state index in [0.29, 0.717) is 13.0 Å². The van der Waals surface area contributed by atoms with Crippen LogP contribution in [0.15, 0.2) is 0 Å². The van der Waals surface area contributed by atoms with Gasteiger partial charge in [-0.1, -0.05) is 84.0 Å². The van der Waals surface area contributed by atoms with Crippen molar-refractivity contribution in [3.05, 3.63) is 0 Å². The Morgan fingerprint density at radius 2 is 1.34 bits per heavy atom. The molecule has 7 nitrogen and oxygen atoms in total. The lowest BCUT2D eigenvalue weighted by molar-refractivity contribution is -0.152. The predicted molar refractivity (Wildman–Crippen MR) is 130 cm³/mol. The highest BCUT2D eigenvalue weighted by Crippen LogP contribution is 2.25. The van der Waals surface area contributed by atoms with Gasteiger partial charge in [0, 0.05) is 17.5 Å². The fourth-order valence-corrected chi connectivity index (χ4v) is 3.85. The van der Waals surface area contributed by atoms with Crippen LogP contribution >= 0.6 is 8.25 Å². The average molecular weight is 479 g/mol. The van der Waals surface area contributed by atoms with E-state index in [1.807, 2.05) is 19.0 Å². The van der Waals surface area contributed by atoms with Crippen LogP contribution in [-0.4, -0.2) is 62.0 Å². The second kappa shape index (κ2) is 21.0. The number of hydrogen-bond acceptors (Lipinski definition) is 7. The third kappa shape index (κ3) is 22.6. The Morgan fingerprint density at radius 1 is 0.844 bits per heavy atom. The molecule has 0 saturated carbocycles. The molecule has 0 heterocycles. The van der Waals surface area contributed by atoms with Crippen LogP contribution in [0.2, 0.25) is 0 Å². The zero-order valence-corrected chi connectivity index (χ0v) is 22.0. The minimum atomic E-state index is -2.30. The van der Waals surface area contributed by atoms with E-state index in [1.165, 1.54) is 71.1 Å². The van der Waals surface area contributed by atoms with Gasteiger partial charge in [0.2, 0.25) is 0 Å². The Labute approximate surface area is 197 Å². The Balaban J connectivity index is 3.56. The maximum Gasteiger partial charge on any atom is 0.697 e. The summed E-state index contributed by atoms with van der Waals surface area (Å²) in [6.07, 6.45) is 16.7. The van der Waals surface area contributed by atoms with Crippen LogP contribution in [0.4, 0.5) is 0 Å². The third-order valence-electron chi connectivity index (χ3n) is 5.24. The number of hydrogen-bond donors (Lipinski definition) is 1. The molecule has 190 valence electrons. The minimum absolute atomic E-state index is 0.189. The summed E-state index contributed by atoms with van der Waals surface area (Å²) in [4.78, 5) is 13.8. The standard InChI is InChI=1S/C24H49NO6P/c1-5-6-7-8-9-10-11-12-13-14-15-16-17-18-23(26)29-21-24(2,27)22-31-32(28)30-20-19-25(3)4/h27H,5-22H2,1-4H3/q+1. The van der Waals surface area contributed by atoms with Crippen molar-refractivity contribution in [2.45, 2.75) is 109 Å². The minimum Gasteiger partial charge on any atom is -0.463 e. The highest BCUT2D eigenvalue weighted by atomic mass is 31.1. The summed E-state index contributed by atoms with van der Waals surface area (Å²) in [5.41, 5.74) is -1.40. The number of carbonyl (C=O) groups is 1. The summed E-state index contributed by atoms with van der Waals surface area (Å²) >= 11 is 0. The SMILES string of the molecule is CCCCCCCCCCCCCCCC(=O)OCC(C)(O)CO[P+](=O)OCCN(C)C. The zero-order valence-electron chi connectivity index (χ0n) is 21.1. The average Bonchev–Trinajstić information content (AvgIpc) is 2.74. The monoisotopic (exact) mass is 478 g/mol. The lowest BCUT2D eigenvalue weighted by Crippen LogP contribution is -2.36. The molecule has 0 rings (SSSR count). The summed E-state index contributed by atoms with van der Waals surface area (Å²) in [7, 11) is 1.46. The van der Waals surface area contributed by atoms with E-state index in [0.717, 1.165) is 19.3 Å². The Hall–Kier alpha value is -0.590. The van der Waals surface area contributed by atoms with Gasteiger partial charge in [0.25, 0.3) is 0 Å². The van der Waals surface area contributed by atoms with Crippen molar-refractivity contribution in [2.75, 3.05) is 40.5 Å². The Bertz CT molecular complexity index is 473. The highest BCUT2D eigenvalue weighted by Gasteiger charge is 2.30. The molecule has 2 atom stereocenters. The molecular formula is C24H49NO6P+. The van der Waals surface area contributed by atoms with Crippen LogP contribution in [0.3, 0.4) is 0 Å². The molecule has 0 aromatic heterocycles. The topological polar surface area (TPSA) is 85.3 Å². The first-order valence-electron chi connectivity index (χ1n) is 12.5. The van der Waals surface area contributed by atoms with Crippen LogP contribution in [0.25, 0.3) is 0 Å². The summed E-state index contributed by atoms with van der Waals surface area (Å²) < 4.78 is 26.8. The number of carbonyl (C=O) groups excluding carboxylic acids is 1. The van der Waals surface area contributed by atoms with Crippen molar-refractivity contribution in [3.63, 3.8) is 0 Å². The summed E-state index contributed by atoms with van der Waals surface area (Å²) in [6, 6.07) is 0. The maximum atomic E-state index is 11.9. The van der Waals surface area contributed by atoms with Crippen molar-refractivity contribution >= 4 is 14.2 Å².